The van der Waals surface area contributed by atoms with E-state index in [2.05, 4.69) is 0 Å². The molecule has 0 amide bonds. The van der Waals surface area contributed by atoms with Crippen LogP contribution in [0.2, 0.25) is 0 Å². The van der Waals surface area contributed by atoms with Gasteiger partial charge in [0.1, 0.15) is 0 Å². The van der Waals surface area contributed by atoms with E-state index in [9.17, 15) is 0 Å². The van der Waals surface area contributed by atoms with Crippen molar-refractivity contribution in [2.24, 2.45) is 0 Å². The second-order valence-electron chi connectivity index (χ2n) is 4.38. The molecule has 4 nitrogen and oxygen atoms in total. The minimum atomic E-state index is -0.889. The molecule has 1 aliphatic rings. The van der Waals surface area contributed by atoms with Crippen LogP contribution < -0.4 is 0 Å². The number of rotatable bonds is 4. The van der Waals surface area contributed by atoms with Gasteiger partial charge in [0.15, 0.2) is 0 Å². The topological polar surface area (TPSA) is 36.9 Å². The summed E-state index contributed by atoms with van der Waals surface area (Å²) in [5.41, 5.74) is 1.87. The van der Waals surface area contributed by atoms with Crippen molar-refractivity contribution in [1.82, 2.24) is 0 Å². The number of methoxy groups -OCH3 is 4. The minimum absolute atomic E-state index is 0.889. The molecule has 2 aromatic rings. The third-order valence-electron chi connectivity index (χ3n) is 3.79. The summed E-state index contributed by atoms with van der Waals surface area (Å²) >= 11 is 3.15. The highest BCUT2D eigenvalue weighted by Gasteiger charge is 2.54. The van der Waals surface area contributed by atoms with Crippen LogP contribution in [0.5, 0.6) is 0 Å². The fourth-order valence-electron chi connectivity index (χ4n) is 2.87. The van der Waals surface area contributed by atoms with Gasteiger partial charge in [0.2, 0.25) is 11.6 Å². The van der Waals surface area contributed by atoms with E-state index in [4.69, 9.17) is 18.9 Å². The Bertz CT molecular complexity index is 513. The zero-order valence-electron chi connectivity index (χ0n) is 11.8. The van der Waals surface area contributed by atoms with Gasteiger partial charge in [-0.05, 0) is 22.9 Å². The van der Waals surface area contributed by atoms with E-state index in [1.807, 2.05) is 22.9 Å². The molecule has 3 rings (SSSR count). The smallest absolute Gasteiger partial charge is 0.233 e. The molecule has 0 saturated carbocycles. The van der Waals surface area contributed by atoms with Gasteiger partial charge in [-0.15, -0.1) is 22.7 Å². The maximum absolute atomic E-state index is 5.76. The molecule has 1 aliphatic carbocycles. The van der Waals surface area contributed by atoms with Crippen LogP contribution in [0, 0.1) is 0 Å². The van der Waals surface area contributed by atoms with E-state index in [1.165, 1.54) is 0 Å². The van der Waals surface area contributed by atoms with Gasteiger partial charge < -0.3 is 18.9 Å². The molecule has 0 spiro atoms. The molecular weight excluding hydrogens is 296 g/mol. The monoisotopic (exact) mass is 312 g/mol. The molecule has 0 aromatic carbocycles. The summed E-state index contributed by atoms with van der Waals surface area (Å²) in [4.78, 5) is 1.91. The second-order valence-corrected chi connectivity index (χ2v) is 6.21. The Kier molecular flexibility index (Phi) is 3.48. The first kappa shape index (κ1) is 14.2. The van der Waals surface area contributed by atoms with Crippen LogP contribution in [0.15, 0.2) is 22.9 Å². The van der Waals surface area contributed by atoms with Crippen molar-refractivity contribution in [2.45, 2.75) is 11.6 Å². The summed E-state index contributed by atoms with van der Waals surface area (Å²) in [6, 6.07) is 4.00. The Morgan fingerprint density at radius 2 is 1.05 bits per heavy atom. The number of hydrogen-bond donors (Lipinski definition) is 0. The van der Waals surface area contributed by atoms with Gasteiger partial charge in [-0.3, -0.25) is 0 Å². The second kappa shape index (κ2) is 4.91. The molecule has 0 N–H and O–H groups in total. The lowest BCUT2D eigenvalue weighted by Gasteiger charge is -2.42. The van der Waals surface area contributed by atoms with Crippen molar-refractivity contribution < 1.29 is 18.9 Å². The molecule has 0 bridgehead atoms. The van der Waals surface area contributed by atoms with Gasteiger partial charge in [-0.1, -0.05) is 0 Å². The molecule has 2 aromatic heterocycles. The highest BCUT2D eigenvalue weighted by molar-refractivity contribution is 7.11. The fraction of sp³-hybridized carbons (Fsp3) is 0.429. The average molecular weight is 312 g/mol. The van der Waals surface area contributed by atoms with Crippen molar-refractivity contribution in [1.29, 1.82) is 0 Å². The standard InChI is InChI=1S/C14H16O4S2/c1-15-13(16-2)9-5-7-20-12(9)14(17-3,18-4)10-6-8-19-11(10)13/h5-8H,1-4H3. The molecule has 0 fully saturated rings. The van der Waals surface area contributed by atoms with E-state index in [0.717, 1.165) is 20.9 Å². The van der Waals surface area contributed by atoms with Crippen LogP contribution in [0.3, 0.4) is 0 Å². The summed E-state index contributed by atoms with van der Waals surface area (Å²) in [6.07, 6.45) is 0. The quantitative estimate of drug-likeness (QED) is 0.813. The molecule has 0 unspecified atom stereocenters. The molecule has 6 heteroatoms. The first-order valence-electron chi connectivity index (χ1n) is 6.07. The third kappa shape index (κ3) is 1.49. The molecular formula is C14H16O4S2. The van der Waals surface area contributed by atoms with Crippen LogP contribution in [0.1, 0.15) is 20.9 Å². The lowest BCUT2D eigenvalue weighted by Crippen LogP contribution is -2.44. The summed E-state index contributed by atoms with van der Waals surface area (Å²) in [7, 11) is 6.62. The van der Waals surface area contributed by atoms with Gasteiger partial charge in [0.25, 0.3) is 0 Å². The maximum atomic E-state index is 5.76. The minimum Gasteiger partial charge on any atom is -0.345 e. The lowest BCUT2D eigenvalue weighted by molar-refractivity contribution is -0.217. The van der Waals surface area contributed by atoms with E-state index in [0.29, 0.717) is 0 Å². The van der Waals surface area contributed by atoms with Crippen molar-refractivity contribution in [3.63, 3.8) is 0 Å². The Hall–Kier alpha value is -0.760. The van der Waals surface area contributed by atoms with Crippen LogP contribution in [-0.4, -0.2) is 28.4 Å². The maximum Gasteiger partial charge on any atom is 0.233 e. The zero-order chi connectivity index (χ0) is 14.4. The van der Waals surface area contributed by atoms with E-state index < -0.39 is 11.6 Å². The Labute approximate surface area is 125 Å². The predicted octanol–water partition coefficient (Wildman–Crippen LogP) is 3.11. The number of fused-ring (bicyclic) bond motifs is 2. The van der Waals surface area contributed by atoms with Gasteiger partial charge in [-0.2, -0.15) is 0 Å². The zero-order valence-corrected chi connectivity index (χ0v) is 13.4. The summed E-state index contributed by atoms with van der Waals surface area (Å²) < 4.78 is 23.1. The molecule has 2 heterocycles. The Balaban J connectivity index is 2.37. The number of ether oxygens (including phenoxy) is 4. The summed E-state index contributed by atoms with van der Waals surface area (Å²) in [5.74, 6) is -1.78. The highest BCUT2D eigenvalue weighted by atomic mass is 32.1. The predicted molar refractivity (Wildman–Crippen MR) is 78.2 cm³/mol. The fourth-order valence-corrected chi connectivity index (χ4v) is 5.07. The van der Waals surface area contributed by atoms with Crippen LogP contribution in [0.25, 0.3) is 0 Å². The van der Waals surface area contributed by atoms with E-state index in [1.54, 1.807) is 51.1 Å². The number of thiophene rings is 2. The Morgan fingerprint density at radius 3 is 1.35 bits per heavy atom. The van der Waals surface area contributed by atoms with Crippen molar-refractivity contribution >= 4 is 22.7 Å². The highest BCUT2D eigenvalue weighted by Crippen LogP contribution is 2.55. The normalized spacial score (nSPS) is 18.6. The third-order valence-corrected chi connectivity index (χ3v) is 5.78. The first-order chi connectivity index (χ1) is 9.70. The molecule has 0 aliphatic heterocycles. The molecule has 0 atom stereocenters. The Morgan fingerprint density at radius 1 is 0.700 bits per heavy atom. The first-order valence-corrected chi connectivity index (χ1v) is 7.83. The van der Waals surface area contributed by atoms with Crippen LogP contribution in [-0.2, 0) is 30.5 Å². The largest absolute Gasteiger partial charge is 0.345 e. The molecule has 0 radical (unpaired) electrons. The van der Waals surface area contributed by atoms with E-state index in [-0.39, 0.29) is 0 Å². The number of hydrogen-bond acceptors (Lipinski definition) is 6. The van der Waals surface area contributed by atoms with Crippen molar-refractivity contribution in [3.8, 4) is 0 Å². The average Bonchev–Trinajstić information content (AvgIpc) is 3.15. The van der Waals surface area contributed by atoms with Crippen LogP contribution in [0.4, 0.5) is 0 Å². The molecule has 20 heavy (non-hydrogen) atoms. The van der Waals surface area contributed by atoms with Gasteiger partial charge in [0.05, 0.1) is 9.75 Å². The van der Waals surface area contributed by atoms with Crippen LogP contribution >= 0.6 is 22.7 Å². The summed E-state index contributed by atoms with van der Waals surface area (Å²) in [5, 5.41) is 4.00. The molecule has 108 valence electrons. The van der Waals surface area contributed by atoms with Gasteiger partial charge in [-0.25, -0.2) is 0 Å². The van der Waals surface area contributed by atoms with E-state index >= 15 is 0 Å². The lowest BCUT2D eigenvalue weighted by atomic mass is 9.87. The SMILES string of the molecule is COC1(OC)c2ccsc2C(OC)(OC)c2ccsc21. The van der Waals surface area contributed by atoms with Gasteiger partial charge in [0, 0.05) is 39.6 Å². The summed E-state index contributed by atoms with van der Waals surface area (Å²) in [6.45, 7) is 0. The molecule has 0 saturated heterocycles. The van der Waals surface area contributed by atoms with Crippen molar-refractivity contribution in [3.05, 3.63) is 43.8 Å². The van der Waals surface area contributed by atoms with Gasteiger partial charge >= 0.3 is 0 Å². The van der Waals surface area contributed by atoms with Crippen molar-refractivity contribution in [2.75, 3.05) is 28.4 Å².